The molecule has 1 heteroatoms. The molecule has 2 atom stereocenters. The van der Waals surface area contributed by atoms with Crippen molar-refractivity contribution in [1.82, 2.24) is 0 Å². The molecular formula is C14H24O. The molecule has 0 saturated heterocycles. The summed E-state index contributed by atoms with van der Waals surface area (Å²) in [5, 5.41) is 10.8. The lowest BCUT2D eigenvalue weighted by Crippen LogP contribution is -2.44. The fourth-order valence-electron chi connectivity index (χ4n) is 3.74. The largest absolute Gasteiger partial charge is 0.389 e. The monoisotopic (exact) mass is 208 g/mol. The van der Waals surface area contributed by atoms with Gasteiger partial charge < -0.3 is 5.11 Å². The van der Waals surface area contributed by atoms with Crippen LogP contribution in [-0.4, -0.2) is 10.7 Å². The van der Waals surface area contributed by atoms with E-state index in [4.69, 9.17) is 0 Å². The minimum Gasteiger partial charge on any atom is -0.389 e. The molecule has 1 fully saturated rings. The van der Waals surface area contributed by atoms with Crippen molar-refractivity contribution in [2.45, 2.75) is 64.4 Å². The number of aliphatic hydroxyl groups is 1. The highest BCUT2D eigenvalue weighted by molar-refractivity contribution is 5.15. The van der Waals surface area contributed by atoms with Gasteiger partial charge >= 0.3 is 0 Å². The van der Waals surface area contributed by atoms with Gasteiger partial charge in [-0.25, -0.2) is 0 Å². The Kier molecular flexibility index (Phi) is 3.20. The summed E-state index contributed by atoms with van der Waals surface area (Å²) < 4.78 is 0. The normalized spacial score (nSPS) is 36.1. The Hall–Kier alpha value is -0.300. The van der Waals surface area contributed by atoms with Crippen LogP contribution in [-0.2, 0) is 0 Å². The molecule has 0 aromatic heterocycles. The summed E-state index contributed by atoms with van der Waals surface area (Å²) in [6.07, 6.45) is 10.6. The van der Waals surface area contributed by atoms with Gasteiger partial charge in [0.1, 0.15) is 0 Å². The summed E-state index contributed by atoms with van der Waals surface area (Å²) in [4.78, 5) is 0. The van der Waals surface area contributed by atoms with E-state index in [-0.39, 0.29) is 5.60 Å². The average molecular weight is 208 g/mol. The van der Waals surface area contributed by atoms with Crippen LogP contribution in [0.3, 0.4) is 0 Å². The maximum absolute atomic E-state index is 10.8. The highest BCUT2D eigenvalue weighted by Crippen LogP contribution is 2.44. The maximum atomic E-state index is 10.8. The summed E-state index contributed by atoms with van der Waals surface area (Å²) >= 11 is 0. The van der Waals surface area contributed by atoms with Gasteiger partial charge in [0.15, 0.2) is 0 Å². The molecule has 0 heterocycles. The molecule has 86 valence electrons. The van der Waals surface area contributed by atoms with Gasteiger partial charge in [-0.2, -0.15) is 0 Å². The molecule has 0 amide bonds. The Balaban J connectivity index is 2.19. The Morgan fingerprint density at radius 3 is 2.53 bits per heavy atom. The number of hydrogen-bond acceptors (Lipinski definition) is 1. The molecule has 2 aliphatic rings. The molecule has 0 spiro atoms. The number of rotatable bonds is 1. The van der Waals surface area contributed by atoms with Crippen LogP contribution in [0.5, 0.6) is 0 Å². The standard InChI is InChI=1S/C14H24O/c1-11-7-6-8-12(2)13(11)14(15)9-4-3-5-10-14/h7,12-13,15H,3-6,8-10H2,1-2H3. The smallest absolute Gasteiger partial charge is 0.0715 e. The fourth-order valence-corrected chi connectivity index (χ4v) is 3.74. The van der Waals surface area contributed by atoms with Gasteiger partial charge in [-0.3, -0.25) is 0 Å². The number of hydrogen-bond donors (Lipinski definition) is 1. The Morgan fingerprint density at radius 1 is 1.27 bits per heavy atom. The molecule has 1 N–H and O–H groups in total. The van der Waals surface area contributed by atoms with Crippen LogP contribution in [0.1, 0.15) is 58.8 Å². The molecule has 2 rings (SSSR count). The van der Waals surface area contributed by atoms with Gasteiger partial charge in [0.25, 0.3) is 0 Å². The highest BCUT2D eigenvalue weighted by atomic mass is 16.3. The van der Waals surface area contributed by atoms with Crippen molar-refractivity contribution >= 4 is 0 Å². The van der Waals surface area contributed by atoms with E-state index in [0.717, 1.165) is 12.8 Å². The first-order valence-corrected chi connectivity index (χ1v) is 6.52. The molecule has 0 aromatic carbocycles. The van der Waals surface area contributed by atoms with Gasteiger partial charge in [0, 0.05) is 5.92 Å². The maximum Gasteiger partial charge on any atom is 0.0715 e. The Bertz CT molecular complexity index is 248. The van der Waals surface area contributed by atoms with Crippen LogP contribution >= 0.6 is 0 Å². The zero-order valence-corrected chi connectivity index (χ0v) is 10.1. The van der Waals surface area contributed by atoms with Gasteiger partial charge in [0.05, 0.1) is 5.60 Å². The third-order valence-electron chi connectivity index (χ3n) is 4.45. The second-order valence-electron chi connectivity index (χ2n) is 5.64. The van der Waals surface area contributed by atoms with Crippen LogP contribution < -0.4 is 0 Å². The van der Waals surface area contributed by atoms with Crippen molar-refractivity contribution < 1.29 is 5.11 Å². The highest BCUT2D eigenvalue weighted by Gasteiger charge is 2.41. The Labute approximate surface area is 93.6 Å². The second-order valence-corrected chi connectivity index (χ2v) is 5.64. The van der Waals surface area contributed by atoms with E-state index in [0.29, 0.717) is 11.8 Å². The molecule has 0 radical (unpaired) electrons. The predicted molar refractivity (Wildman–Crippen MR) is 63.7 cm³/mol. The molecule has 2 aliphatic carbocycles. The summed E-state index contributed by atoms with van der Waals surface area (Å²) in [5.74, 6) is 1.10. The van der Waals surface area contributed by atoms with Crippen LogP contribution in [0.25, 0.3) is 0 Å². The molecule has 0 aromatic rings. The molecule has 0 aliphatic heterocycles. The lowest BCUT2D eigenvalue weighted by atomic mass is 9.65. The molecular weight excluding hydrogens is 184 g/mol. The topological polar surface area (TPSA) is 20.2 Å². The van der Waals surface area contributed by atoms with E-state index >= 15 is 0 Å². The van der Waals surface area contributed by atoms with Gasteiger partial charge in [-0.05, 0) is 38.5 Å². The van der Waals surface area contributed by atoms with E-state index in [1.54, 1.807) is 0 Å². The van der Waals surface area contributed by atoms with Gasteiger partial charge in [-0.15, -0.1) is 0 Å². The third-order valence-corrected chi connectivity index (χ3v) is 4.45. The van der Waals surface area contributed by atoms with Crippen molar-refractivity contribution in [3.8, 4) is 0 Å². The van der Waals surface area contributed by atoms with Crippen molar-refractivity contribution in [2.24, 2.45) is 11.8 Å². The first-order valence-electron chi connectivity index (χ1n) is 6.52. The minimum absolute atomic E-state index is 0.376. The average Bonchev–Trinajstić information content (AvgIpc) is 2.18. The number of allylic oxidation sites excluding steroid dienone is 1. The fraction of sp³-hybridized carbons (Fsp3) is 0.857. The van der Waals surface area contributed by atoms with Crippen molar-refractivity contribution in [3.63, 3.8) is 0 Å². The van der Waals surface area contributed by atoms with Gasteiger partial charge in [-0.1, -0.05) is 37.8 Å². The molecule has 2 unspecified atom stereocenters. The third kappa shape index (κ3) is 2.13. The van der Waals surface area contributed by atoms with Crippen molar-refractivity contribution in [3.05, 3.63) is 11.6 Å². The van der Waals surface area contributed by atoms with Crippen molar-refractivity contribution in [1.29, 1.82) is 0 Å². The SMILES string of the molecule is CC1=CCCC(C)C1C1(O)CCCCC1. The van der Waals surface area contributed by atoms with Crippen LogP contribution in [0.4, 0.5) is 0 Å². The lowest BCUT2D eigenvalue weighted by molar-refractivity contribution is -0.0564. The quantitative estimate of drug-likeness (QED) is 0.652. The summed E-state index contributed by atoms with van der Waals surface area (Å²) in [6, 6.07) is 0. The van der Waals surface area contributed by atoms with Crippen LogP contribution in [0.2, 0.25) is 0 Å². The molecule has 0 bridgehead atoms. The van der Waals surface area contributed by atoms with Crippen LogP contribution in [0.15, 0.2) is 11.6 Å². The van der Waals surface area contributed by atoms with E-state index < -0.39 is 0 Å². The molecule has 1 saturated carbocycles. The first kappa shape index (κ1) is 11.2. The minimum atomic E-state index is -0.376. The van der Waals surface area contributed by atoms with Crippen LogP contribution in [0, 0.1) is 11.8 Å². The van der Waals surface area contributed by atoms with Crippen molar-refractivity contribution in [2.75, 3.05) is 0 Å². The van der Waals surface area contributed by atoms with E-state index in [2.05, 4.69) is 19.9 Å². The second kappa shape index (κ2) is 4.29. The van der Waals surface area contributed by atoms with E-state index in [9.17, 15) is 5.11 Å². The Morgan fingerprint density at radius 2 is 1.93 bits per heavy atom. The van der Waals surface area contributed by atoms with E-state index in [1.165, 1.54) is 37.7 Å². The predicted octanol–water partition coefficient (Wildman–Crippen LogP) is 3.67. The molecule has 1 nitrogen and oxygen atoms in total. The molecule has 15 heavy (non-hydrogen) atoms. The summed E-state index contributed by atoms with van der Waals surface area (Å²) in [6.45, 7) is 4.53. The lowest BCUT2D eigenvalue weighted by Gasteiger charge is -2.44. The van der Waals surface area contributed by atoms with Gasteiger partial charge in [0.2, 0.25) is 0 Å². The summed E-state index contributed by atoms with van der Waals surface area (Å²) in [7, 11) is 0. The van der Waals surface area contributed by atoms with E-state index in [1.807, 2.05) is 0 Å². The zero-order valence-electron chi connectivity index (χ0n) is 10.1. The first-order chi connectivity index (χ1) is 7.13. The summed E-state index contributed by atoms with van der Waals surface area (Å²) in [5.41, 5.74) is 1.07. The zero-order chi connectivity index (χ0) is 10.9.